The molecule has 29 heavy (non-hydrogen) atoms. The first kappa shape index (κ1) is 22.4. The average molecular weight is 416 g/mol. The molecule has 2 rings (SSSR count). The Bertz CT molecular complexity index is 839. The maximum Gasteiger partial charge on any atom is 0.305 e. The zero-order valence-electron chi connectivity index (χ0n) is 16.3. The minimum absolute atomic E-state index is 0.0551. The van der Waals surface area contributed by atoms with E-state index in [2.05, 4.69) is 5.32 Å². The highest BCUT2D eigenvalue weighted by Gasteiger charge is 2.11. The number of anilines is 1. The molecule has 0 unspecified atom stereocenters. The van der Waals surface area contributed by atoms with Crippen LogP contribution in [0.15, 0.2) is 53.4 Å². The minimum Gasteiger partial charge on any atom is -0.466 e. The second-order valence-electron chi connectivity index (χ2n) is 6.22. The summed E-state index contributed by atoms with van der Waals surface area (Å²) in [7, 11) is 0. The molecule has 7 nitrogen and oxygen atoms in total. The monoisotopic (exact) mass is 416 g/mol. The molecular formula is C21H24N2O5S. The van der Waals surface area contributed by atoms with Crippen LogP contribution in [0.4, 0.5) is 11.4 Å². The van der Waals surface area contributed by atoms with Crippen molar-refractivity contribution in [1.82, 2.24) is 0 Å². The Labute approximate surface area is 174 Å². The van der Waals surface area contributed by atoms with Crippen LogP contribution in [0.2, 0.25) is 0 Å². The summed E-state index contributed by atoms with van der Waals surface area (Å²) >= 11 is 1.64. The second kappa shape index (κ2) is 11.9. The third-order valence-corrected chi connectivity index (χ3v) is 5.22. The lowest BCUT2D eigenvalue weighted by atomic mass is 10.2. The van der Waals surface area contributed by atoms with E-state index in [4.69, 9.17) is 4.74 Å². The number of hydrogen-bond donors (Lipinski definition) is 1. The van der Waals surface area contributed by atoms with E-state index in [-0.39, 0.29) is 17.6 Å². The first-order valence-electron chi connectivity index (χ1n) is 9.44. The number of rotatable bonds is 11. The van der Waals surface area contributed by atoms with Gasteiger partial charge in [0.2, 0.25) is 0 Å². The fourth-order valence-corrected chi connectivity index (χ4v) is 3.61. The van der Waals surface area contributed by atoms with Gasteiger partial charge in [-0.2, -0.15) is 0 Å². The number of nitrogens with one attached hydrogen (secondary N) is 1. The molecule has 2 aromatic carbocycles. The number of ether oxygens (including phenoxy) is 1. The molecule has 0 radical (unpaired) electrons. The minimum atomic E-state index is -0.500. The molecule has 1 amide bonds. The van der Waals surface area contributed by atoms with Crippen LogP contribution in [-0.2, 0) is 9.53 Å². The number of amides is 1. The molecule has 0 bridgehead atoms. The fourth-order valence-electron chi connectivity index (χ4n) is 2.59. The van der Waals surface area contributed by atoms with Crippen LogP contribution in [-0.4, -0.2) is 29.2 Å². The summed E-state index contributed by atoms with van der Waals surface area (Å²) in [6, 6.07) is 13.0. The number of non-ortho nitro benzene ring substituents is 1. The number of nitro benzene ring substituents is 1. The number of esters is 1. The van der Waals surface area contributed by atoms with Crippen molar-refractivity contribution in [2.75, 3.05) is 17.7 Å². The van der Waals surface area contributed by atoms with Crippen molar-refractivity contribution in [2.45, 2.75) is 37.5 Å². The molecule has 0 aliphatic heterocycles. The highest BCUT2D eigenvalue weighted by molar-refractivity contribution is 7.99. The third-order valence-electron chi connectivity index (χ3n) is 4.06. The fraction of sp³-hybridized carbons (Fsp3) is 0.333. The van der Waals surface area contributed by atoms with Gasteiger partial charge in [-0.05, 0) is 49.8 Å². The molecule has 2 aromatic rings. The van der Waals surface area contributed by atoms with Crippen molar-refractivity contribution in [3.05, 3.63) is 64.2 Å². The van der Waals surface area contributed by atoms with E-state index in [1.807, 2.05) is 24.3 Å². The van der Waals surface area contributed by atoms with Crippen molar-refractivity contribution in [3.8, 4) is 0 Å². The summed E-state index contributed by atoms with van der Waals surface area (Å²) in [5, 5.41) is 13.6. The summed E-state index contributed by atoms with van der Waals surface area (Å²) in [6.45, 7) is 2.21. The number of nitrogens with zero attached hydrogens (tertiary/aromatic N) is 1. The Kier molecular flexibility index (Phi) is 9.17. The smallest absolute Gasteiger partial charge is 0.305 e. The lowest BCUT2D eigenvalue weighted by molar-refractivity contribution is -0.384. The van der Waals surface area contributed by atoms with E-state index >= 15 is 0 Å². The Morgan fingerprint density at radius 2 is 1.79 bits per heavy atom. The Hall–Kier alpha value is -2.87. The predicted molar refractivity (Wildman–Crippen MR) is 113 cm³/mol. The number of thioether (sulfide) groups is 1. The largest absolute Gasteiger partial charge is 0.466 e. The quantitative estimate of drug-likeness (QED) is 0.181. The maximum atomic E-state index is 12.4. The first-order valence-corrected chi connectivity index (χ1v) is 10.4. The summed E-state index contributed by atoms with van der Waals surface area (Å²) in [4.78, 5) is 34.9. The summed E-state index contributed by atoms with van der Waals surface area (Å²) < 4.78 is 4.91. The van der Waals surface area contributed by atoms with E-state index in [0.29, 0.717) is 24.3 Å². The highest BCUT2D eigenvalue weighted by atomic mass is 32.2. The van der Waals surface area contributed by atoms with E-state index in [1.54, 1.807) is 18.7 Å². The summed E-state index contributed by atoms with van der Waals surface area (Å²) in [5.74, 6) is 0.398. The molecule has 0 heterocycles. The number of carbonyl (C=O) groups is 2. The average Bonchev–Trinajstić information content (AvgIpc) is 2.72. The van der Waals surface area contributed by atoms with Crippen LogP contribution in [0.3, 0.4) is 0 Å². The number of hydrogen-bond acceptors (Lipinski definition) is 6. The molecule has 0 aliphatic carbocycles. The lowest BCUT2D eigenvalue weighted by Crippen LogP contribution is -2.12. The summed E-state index contributed by atoms with van der Waals surface area (Å²) in [5.41, 5.74) is 1.00. The molecule has 0 spiro atoms. The molecule has 0 fully saturated rings. The number of para-hydroxylation sites is 1. The number of nitro groups is 1. The van der Waals surface area contributed by atoms with Gasteiger partial charge >= 0.3 is 5.97 Å². The third kappa shape index (κ3) is 7.57. The molecule has 0 aliphatic rings. The van der Waals surface area contributed by atoms with Gasteiger partial charge in [-0.15, -0.1) is 11.8 Å². The Morgan fingerprint density at radius 1 is 1.07 bits per heavy atom. The van der Waals surface area contributed by atoms with Gasteiger partial charge < -0.3 is 10.1 Å². The molecule has 1 N–H and O–H groups in total. The van der Waals surface area contributed by atoms with Gasteiger partial charge in [-0.3, -0.25) is 19.7 Å². The van der Waals surface area contributed by atoms with Gasteiger partial charge in [0.1, 0.15) is 0 Å². The van der Waals surface area contributed by atoms with Gasteiger partial charge in [0.15, 0.2) is 0 Å². The Morgan fingerprint density at radius 3 is 2.48 bits per heavy atom. The van der Waals surface area contributed by atoms with Gasteiger partial charge in [-0.1, -0.05) is 18.6 Å². The van der Waals surface area contributed by atoms with Crippen LogP contribution < -0.4 is 5.32 Å². The van der Waals surface area contributed by atoms with Crippen LogP contribution >= 0.6 is 11.8 Å². The normalized spacial score (nSPS) is 10.4. The van der Waals surface area contributed by atoms with E-state index in [0.717, 1.165) is 29.9 Å². The second-order valence-corrected chi connectivity index (χ2v) is 7.36. The van der Waals surface area contributed by atoms with Gasteiger partial charge in [-0.25, -0.2) is 0 Å². The van der Waals surface area contributed by atoms with Crippen molar-refractivity contribution in [2.24, 2.45) is 0 Å². The van der Waals surface area contributed by atoms with E-state index in [1.165, 1.54) is 24.3 Å². The summed E-state index contributed by atoms with van der Waals surface area (Å²) in [6.07, 6.45) is 3.14. The highest BCUT2D eigenvalue weighted by Crippen LogP contribution is 2.28. The topological polar surface area (TPSA) is 98.5 Å². The molecule has 0 saturated carbocycles. The zero-order chi connectivity index (χ0) is 21.1. The van der Waals surface area contributed by atoms with Crippen molar-refractivity contribution in [3.63, 3.8) is 0 Å². The number of benzene rings is 2. The van der Waals surface area contributed by atoms with Crippen LogP contribution in [0.5, 0.6) is 0 Å². The molecule has 8 heteroatoms. The SMILES string of the molecule is CCOC(=O)CCCCCSc1ccccc1NC(=O)c1ccc([N+](=O)[O-])cc1. The zero-order valence-corrected chi connectivity index (χ0v) is 17.1. The van der Waals surface area contributed by atoms with Gasteiger partial charge in [0.05, 0.1) is 17.2 Å². The van der Waals surface area contributed by atoms with E-state index < -0.39 is 4.92 Å². The maximum absolute atomic E-state index is 12.4. The molecular weight excluding hydrogens is 392 g/mol. The standard InChI is InChI=1S/C21H24N2O5S/c1-2-28-20(24)10-4-3-7-15-29-19-9-6-5-8-18(19)22-21(25)16-11-13-17(14-12-16)23(26)27/h5-6,8-9,11-14H,2-4,7,10,15H2,1H3,(H,22,25). The molecule has 0 atom stereocenters. The Balaban J connectivity index is 1.84. The molecule has 0 saturated heterocycles. The number of unbranched alkanes of at least 4 members (excludes halogenated alkanes) is 2. The number of carbonyl (C=O) groups excluding carboxylic acids is 2. The van der Waals surface area contributed by atoms with Crippen LogP contribution in [0, 0.1) is 10.1 Å². The molecule has 0 aromatic heterocycles. The first-order chi connectivity index (χ1) is 14.0. The van der Waals surface area contributed by atoms with Crippen LogP contribution in [0.25, 0.3) is 0 Å². The van der Waals surface area contributed by atoms with Crippen LogP contribution in [0.1, 0.15) is 43.0 Å². The van der Waals surface area contributed by atoms with Crippen molar-refractivity contribution < 1.29 is 19.2 Å². The predicted octanol–water partition coefficient (Wildman–Crippen LogP) is 5.06. The van der Waals surface area contributed by atoms with Gasteiger partial charge in [0, 0.05) is 29.0 Å². The van der Waals surface area contributed by atoms with Crippen molar-refractivity contribution >= 4 is 35.0 Å². The van der Waals surface area contributed by atoms with E-state index in [9.17, 15) is 19.7 Å². The lowest BCUT2D eigenvalue weighted by Gasteiger charge is -2.11. The van der Waals surface area contributed by atoms with Gasteiger partial charge in [0.25, 0.3) is 11.6 Å². The van der Waals surface area contributed by atoms with Crippen molar-refractivity contribution in [1.29, 1.82) is 0 Å². The molecule has 154 valence electrons.